The van der Waals surface area contributed by atoms with Crippen molar-refractivity contribution >= 4 is 54.6 Å². The van der Waals surface area contributed by atoms with Crippen molar-refractivity contribution in [3.63, 3.8) is 0 Å². The first kappa shape index (κ1) is 33.1. The molecule has 4 aromatic heterocycles. The summed E-state index contributed by atoms with van der Waals surface area (Å²) in [5.74, 6) is 0.891. The lowest BCUT2D eigenvalue weighted by Gasteiger charge is -2.13. The lowest BCUT2D eigenvalue weighted by atomic mass is 10.0. The Bertz CT molecular complexity index is 3520. The Morgan fingerprint density at radius 2 is 0.763 bits per heavy atom. The summed E-state index contributed by atoms with van der Waals surface area (Å²) in [6, 6.07) is 67.5. The first-order valence-electron chi connectivity index (χ1n) is 19.8. The fourth-order valence-corrected chi connectivity index (χ4v) is 8.93. The predicted molar refractivity (Wildman–Crippen MR) is 242 cm³/mol. The highest BCUT2D eigenvalue weighted by atomic mass is 15.1. The summed E-state index contributed by atoms with van der Waals surface area (Å²) in [5, 5.41) is 4.95. The van der Waals surface area contributed by atoms with Crippen LogP contribution in [0.2, 0.25) is 0 Å². The minimum Gasteiger partial charge on any atom is -0.309 e. The number of aromatic nitrogens is 6. The van der Waals surface area contributed by atoms with Crippen molar-refractivity contribution in [3.05, 3.63) is 207 Å². The van der Waals surface area contributed by atoms with Crippen LogP contribution in [-0.4, -0.2) is 28.7 Å². The maximum atomic E-state index is 5.13. The van der Waals surface area contributed by atoms with Crippen molar-refractivity contribution < 1.29 is 0 Å². The van der Waals surface area contributed by atoms with E-state index in [1.54, 1.807) is 6.33 Å². The molecule has 0 atom stereocenters. The molecule has 0 N–H and O–H groups in total. The highest BCUT2D eigenvalue weighted by Gasteiger charge is 2.18. The van der Waals surface area contributed by atoms with E-state index in [4.69, 9.17) is 4.98 Å². The lowest BCUT2D eigenvalue weighted by Crippen LogP contribution is -1.99. The van der Waals surface area contributed by atoms with Gasteiger partial charge in [-0.3, -0.25) is 4.57 Å². The van der Waals surface area contributed by atoms with Gasteiger partial charge in [-0.25, -0.2) is 15.0 Å². The predicted octanol–water partition coefficient (Wildman–Crippen LogP) is 13.0. The van der Waals surface area contributed by atoms with E-state index in [1.807, 2.05) is 18.5 Å². The fourth-order valence-electron chi connectivity index (χ4n) is 8.93. The molecule has 0 aliphatic rings. The molecular formula is C53H34N6. The van der Waals surface area contributed by atoms with Crippen LogP contribution in [0.5, 0.6) is 0 Å². The molecule has 0 saturated carbocycles. The summed E-state index contributed by atoms with van der Waals surface area (Å²) < 4.78 is 7.01. The van der Waals surface area contributed by atoms with Gasteiger partial charge < -0.3 is 9.13 Å². The first-order chi connectivity index (χ1) is 29.3. The van der Waals surface area contributed by atoms with Crippen molar-refractivity contribution in [1.29, 1.82) is 0 Å². The molecule has 0 spiro atoms. The molecule has 0 radical (unpaired) electrons. The van der Waals surface area contributed by atoms with Crippen molar-refractivity contribution in [3.8, 4) is 50.7 Å². The smallest absolute Gasteiger partial charge is 0.145 e. The number of benzene rings is 8. The zero-order chi connectivity index (χ0) is 38.9. The van der Waals surface area contributed by atoms with Crippen LogP contribution in [0, 0.1) is 0 Å². The van der Waals surface area contributed by atoms with Crippen molar-refractivity contribution in [1.82, 2.24) is 28.7 Å². The van der Waals surface area contributed by atoms with Gasteiger partial charge in [0.15, 0.2) is 0 Å². The highest BCUT2D eigenvalue weighted by Crippen LogP contribution is 2.39. The summed E-state index contributed by atoms with van der Waals surface area (Å²) in [6.45, 7) is 0. The average molecular weight is 755 g/mol. The van der Waals surface area contributed by atoms with Gasteiger partial charge in [-0.2, -0.15) is 0 Å². The zero-order valence-corrected chi connectivity index (χ0v) is 31.8. The molecule has 0 unspecified atom stereocenters. The lowest BCUT2D eigenvalue weighted by molar-refractivity contribution is 1.09. The summed E-state index contributed by atoms with van der Waals surface area (Å²) in [5.41, 5.74) is 15.5. The van der Waals surface area contributed by atoms with E-state index in [-0.39, 0.29) is 0 Å². The van der Waals surface area contributed by atoms with Crippen LogP contribution < -0.4 is 0 Å². The molecule has 276 valence electrons. The molecule has 59 heavy (non-hydrogen) atoms. The monoisotopic (exact) mass is 754 g/mol. The molecule has 0 fully saturated rings. The Balaban J connectivity index is 0.950. The van der Waals surface area contributed by atoms with E-state index >= 15 is 0 Å². The van der Waals surface area contributed by atoms with E-state index < -0.39 is 0 Å². The zero-order valence-electron chi connectivity index (χ0n) is 31.8. The van der Waals surface area contributed by atoms with E-state index in [0.717, 1.165) is 50.6 Å². The van der Waals surface area contributed by atoms with Crippen LogP contribution in [-0.2, 0) is 0 Å². The quantitative estimate of drug-likeness (QED) is 0.170. The number of rotatable bonds is 6. The van der Waals surface area contributed by atoms with Gasteiger partial charge in [0.2, 0.25) is 0 Å². The van der Waals surface area contributed by atoms with Gasteiger partial charge >= 0.3 is 0 Å². The van der Waals surface area contributed by atoms with Crippen LogP contribution in [0.25, 0.3) is 105 Å². The number of imidazole rings is 1. The molecule has 6 nitrogen and oxygen atoms in total. The Labute approximate surface area is 339 Å². The molecular weight excluding hydrogens is 721 g/mol. The number of nitrogens with zero attached hydrogens (tertiary/aromatic N) is 6. The first-order valence-corrected chi connectivity index (χ1v) is 19.8. The summed E-state index contributed by atoms with van der Waals surface area (Å²) in [6.07, 6.45) is 5.22. The van der Waals surface area contributed by atoms with Gasteiger partial charge in [0, 0.05) is 62.1 Å². The summed E-state index contributed by atoms with van der Waals surface area (Å²) in [7, 11) is 0. The van der Waals surface area contributed by atoms with Crippen LogP contribution in [0.3, 0.4) is 0 Å². The van der Waals surface area contributed by atoms with Crippen molar-refractivity contribution in [2.45, 2.75) is 0 Å². The van der Waals surface area contributed by atoms with Gasteiger partial charge in [-0.15, -0.1) is 0 Å². The van der Waals surface area contributed by atoms with E-state index in [1.165, 1.54) is 54.7 Å². The van der Waals surface area contributed by atoms with Crippen LogP contribution in [0.4, 0.5) is 0 Å². The summed E-state index contributed by atoms with van der Waals surface area (Å²) >= 11 is 0. The van der Waals surface area contributed by atoms with Crippen molar-refractivity contribution in [2.24, 2.45) is 0 Å². The third kappa shape index (κ3) is 5.31. The minimum absolute atomic E-state index is 0.891. The molecule has 12 aromatic rings. The number of hydrogen-bond acceptors (Lipinski definition) is 3. The number of fused-ring (bicyclic) bond motifs is 7. The van der Waals surface area contributed by atoms with Gasteiger partial charge in [-0.1, -0.05) is 103 Å². The molecule has 0 amide bonds. The SMILES string of the molecule is c1ccc(-n2c3ccccc3c3cc(-c4ccc5c(c4)c4ccccc4n5-c4ccc(-n5c(-c6ccc(-c7cncnc7)cc6)nc6ccccc65)cc4)ccc32)cc1. The topological polar surface area (TPSA) is 53.5 Å². The van der Waals surface area contributed by atoms with Gasteiger partial charge in [0.25, 0.3) is 0 Å². The van der Waals surface area contributed by atoms with Crippen molar-refractivity contribution in [2.75, 3.05) is 0 Å². The molecule has 6 heteroatoms. The van der Waals surface area contributed by atoms with Crippen LogP contribution in [0.15, 0.2) is 207 Å². The normalized spacial score (nSPS) is 11.7. The number of hydrogen-bond donors (Lipinski definition) is 0. The van der Waals surface area contributed by atoms with E-state index in [2.05, 4.69) is 206 Å². The second kappa shape index (κ2) is 13.3. The molecule has 0 bridgehead atoms. The maximum absolute atomic E-state index is 5.13. The Morgan fingerprint density at radius 1 is 0.305 bits per heavy atom. The summed E-state index contributed by atoms with van der Waals surface area (Å²) in [4.78, 5) is 13.5. The molecule has 12 rings (SSSR count). The van der Waals surface area contributed by atoms with Crippen LogP contribution in [0.1, 0.15) is 0 Å². The highest BCUT2D eigenvalue weighted by molar-refractivity contribution is 6.12. The largest absolute Gasteiger partial charge is 0.309 e. The molecule has 0 aliphatic carbocycles. The van der Waals surface area contributed by atoms with Gasteiger partial charge in [0.1, 0.15) is 12.2 Å². The minimum atomic E-state index is 0.891. The molecule has 4 heterocycles. The Kier molecular flexibility index (Phi) is 7.43. The Hall–Kier alpha value is -8.09. The molecule has 0 saturated heterocycles. The number of para-hydroxylation sites is 5. The standard InChI is InChI=1S/C53H34N6/c1-2-10-40(11-3-1)57-48-15-7-4-12-43(48)45-30-37(22-28-50(45)57)38-23-29-51-46(31-38)44-13-5-8-16-49(44)58(51)41-24-26-42(27-25-41)59-52-17-9-6-14-47(52)56-53(59)36-20-18-35(19-21-36)39-32-54-34-55-33-39/h1-34H. The Morgan fingerprint density at radius 3 is 1.37 bits per heavy atom. The van der Waals surface area contributed by atoms with Gasteiger partial charge in [-0.05, 0) is 102 Å². The second-order valence-corrected chi connectivity index (χ2v) is 15.0. The van der Waals surface area contributed by atoms with Crippen LogP contribution >= 0.6 is 0 Å². The third-order valence-electron chi connectivity index (χ3n) is 11.7. The second-order valence-electron chi connectivity index (χ2n) is 15.0. The van der Waals surface area contributed by atoms with E-state index in [9.17, 15) is 0 Å². The maximum Gasteiger partial charge on any atom is 0.145 e. The third-order valence-corrected chi connectivity index (χ3v) is 11.7. The molecule has 0 aliphatic heterocycles. The van der Waals surface area contributed by atoms with Gasteiger partial charge in [0.05, 0.1) is 33.1 Å². The average Bonchev–Trinajstić information content (AvgIpc) is 3.97. The van der Waals surface area contributed by atoms with E-state index in [0.29, 0.717) is 0 Å². The molecule has 8 aromatic carbocycles. The fraction of sp³-hybridized carbons (Fsp3) is 0.